The number of carbonyl (C=O) groups is 2. The van der Waals surface area contributed by atoms with Gasteiger partial charge in [-0.2, -0.15) is 4.31 Å². The Morgan fingerprint density at radius 3 is 2.67 bits per heavy atom. The maximum Gasteiger partial charge on any atom is 0.428 e. The van der Waals surface area contributed by atoms with Gasteiger partial charge >= 0.3 is 12.1 Å². The molecule has 2 atom stereocenters. The van der Waals surface area contributed by atoms with Crippen molar-refractivity contribution in [3.05, 3.63) is 51.7 Å². The van der Waals surface area contributed by atoms with E-state index in [1.54, 1.807) is 6.07 Å². The molecule has 1 aliphatic heterocycles. The van der Waals surface area contributed by atoms with Crippen molar-refractivity contribution >= 4 is 43.7 Å². The number of hydrogen-bond donors (Lipinski definition) is 1. The van der Waals surface area contributed by atoms with Gasteiger partial charge in [0.05, 0.1) is 19.4 Å². The molecule has 2 aromatic carbocycles. The van der Waals surface area contributed by atoms with Gasteiger partial charge in [-0.05, 0) is 58.1 Å². The predicted octanol–water partition coefficient (Wildman–Crippen LogP) is 3.74. The average molecular weight is 500 g/mol. The first-order chi connectivity index (χ1) is 14.2. The van der Waals surface area contributed by atoms with Crippen LogP contribution in [0.25, 0.3) is 0 Å². The lowest BCUT2D eigenvalue weighted by Crippen LogP contribution is -2.38. The number of nitrogens with zero attached hydrogens (tertiary/aromatic N) is 1. The van der Waals surface area contributed by atoms with Crippen LogP contribution < -0.4 is 9.04 Å². The van der Waals surface area contributed by atoms with Crippen molar-refractivity contribution in [3.63, 3.8) is 0 Å². The van der Waals surface area contributed by atoms with E-state index in [0.717, 1.165) is 31.7 Å². The minimum absolute atomic E-state index is 0.0426. The van der Waals surface area contributed by atoms with E-state index in [9.17, 15) is 27.5 Å². The highest BCUT2D eigenvalue weighted by molar-refractivity contribution is 9.10. The molecule has 1 fully saturated rings. The van der Waals surface area contributed by atoms with Gasteiger partial charge in [-0.1, -0.05) is 6.07 Å². The van der Waals surface area contributed by atoms with Crippen LogP contribution in [-0.4, -0.2) is 39.3 Å². The Bertz CT molecular complexity index is 1180. The number of ether oxygens (including phenoxy) is 2. The van der Waals surface area contributed by atoms with Crippen LogP contribution in [0.4, 0.5) is 14.9 Å². The molecule has 0 bridgehead atoms. The predicted molar refractivity (Wildman–Crippen MR) is 106 cm³/mol. The summed E-state index contributed by atoms with van der Waals surface area (Å²) in [6, 6.07) is 5.61. The zero-order chi connectivity index (χ0) is 21.8. The van der Waals surface area contributed by atoms with E-state index in [0.29, 0.717) is 18.1 Å². The van der Waals surface area contributed by atoms with E-state index in [4.69, 9.17) is 4.74 Å². The topological polar surface area (TPSA) is 110 Å². The quantitative estimate of drug-likeness (QED) is 0.681. The number of rotatable bonds is 4. The monoisotopic (exact) mass is 499 g/mol. The Morgan fingerprint density at radius 1 is 1.30 bits per heavy atom. The Hall–Kier alpha value is -2.66. The second-order valence-electron chi connectivity index (χ2n) is 6.91. The summed E-state index contributed by atoms with van der Waals surface area (Å²) in [5.74, 6) is -1.65. The molecule has 0 radical (unpaired) electrons. The zero-order valence-corrected chi connectivity index (χ0v) is 17.9. The zero-order valence-electron chi connectivity index (χ0n) is 15.5. The molecule has 1 heterocycles. The van der Waals surface area contributed by atoms with Crippen molar-refractivity contribution in [2.75, 3.05) is 18.0 Å². The van der Waals surface area contributed by atoms with Gasteiger partial charge in [0.1, 0.15) is 22.0 Å². The van der Waals surface area contributed by atoms with E-state index in [1.165, 1.54) is 6.07 Å². The summed E-state index contributed by atoms with van der Waals surface area (Å²) in [5, 5.41) is 9.84. The Kier molecular flexibility index (Phi) is 4.97. The third-order valence-corrected chi connectivity index (χ3v) is 7.77. The number of fused-ring (bicyclic) bond motifs is 3. The largest absolute Gasteiger partial charge is 0.492 e. The number of carboxylic acid groups (broad SMARTS) is 1. The van der Waals surface area contributed by atoms with Crippen molar-refractivity contribution in [1.82, 2.24) is 0 Å². The number of carboxylic acids is 1. The number of methoxy groups -OCH3 is 1. The third kappa shape index (κ3) is 3.21. The lowest BCUT2D eigenvalue weighted by molar-refractivity contribution is 0.0692. The summed E-state index contributed by atoms with van der Waals surface area (Å²) in [7, 11) is -3.71. The lowest BCUT2D eigenvalue weighted by Gasteiger charge is -2.26. The number of amides is 1. The van der Waals surface area contributed by atoms with Crippen LogP contribution in [0.5, 0.6) is 5.75 Å². The molecule has 0 aromatic heterocycles. The van der Waals surface area contributed by atoms with Crippen molar-refractivity contribution in [1.29, 1.82) is 0 Å². The number of hydrogen-bond acceptors (Lipinski definition) is 6. The molecule has 11 heteroatoms. The normalized spacial score (nSPS) is 19.2. The molecule has 1 N–H and O–H groups in total. The maximum atomic E-state index is 13.5. The summed E-state index contributed by atoms with van der Waals surface area (Å²) in [4.78, 5) is 24.2. The number of aromatic carboxylic acids is 1. The molecule has 0 unspecified atom stereocenters. The fraction of sp³-hybridized carbons (Fsp3) is 0.263. The number of halogens is 2. The molecule has 2 aliphatic rings. The highest BCUT2D eigenvalue weighted by atomic mass is 79.9. The van der Waals surface area contributed by atoms with Gasteiger partial charge in [0.25, 0.3) is 10.0 Å². The van der Waals surface area contributed by atoms with Crippen molar-refractivity contribution < 1.29 is 37.0 Å². The lowest BCUT2D eigenvalue weighted by atomic mass is 10.00. The SMILES string of the molecule is COC(=O)N(c1ccc2c(c1C(=O)O)OC[C@@H]1C[C@H]21)S(=O)(=O)c1ccc(F)cc1Br. The molecule has 1 aliphatic carbocycles. The van der Waals surface area contributed by atoms with Crippen LogP contribution in [-0.2, 0) is 14.8 Å². The molecule has 1 saturated carbocycles. The molecule has 2 aromatic rings. The second kappa shape index (κ2) is 7.24. The summed E-state index contributed by atoms with van der Waals surface area (Å²) < 4.78 is 50.5. The summed E-state index contributed by atoms with van der Waals surface area (Å²) in [5.41, 5.74) is -0.217. The molecule has 0 spiro atoms. The van der Waals surface area contributed by atoms with Gasteiger partial charge in [0, 0.05) is 10.4 Å². The third-order valence-electron chi connectivity index (χ3n) is 5.12. The Morgan fingerprint density at radius 2 is 2.03 bits per heavy atom. The van der Waals surface area contributed by atoms with E-state index >= 15 is 0 Å². The first-order valence-electron chi connectivity index (χ1n) is 8.78. The molecular formula is C19H15BrFNO7S. The molecule has 8 nitrogen and oxygen atoms in total. The number of sulfonamides is 1. The Labute approximate surface area is 179 Å². The number of benzene rings is 2. The standard InChI is InChI=1S/C19H15BrFNO7S/c1-28-19(25)22(30(26,27)15-5-2-10(21)7-13(15)20)14-4-3-11-12-6-9(12)8-29-17(11)16(14)18(23)24/h2-5,7,9,12H,6,8H2,1H3,(H,23,24)/t9-,12-/m0/s1. The molecule has 158 valence electrons. The van der Waals surface area contributed by atoms with Gasteiger partial charge in [0.15, 0.2) is 0 Å². The smallest absolute Gasteiger partial charge is 0.428 e. The van der Waals surface area contributed by atoms with Gasteiger partial charge in [-0.25, -0.2) is 22.4 Å². The first kappa shape index (κ1) is 20.6. The minimum Gasteiger partial charge on any atom is -0.492 e. The van der Waals surface area contributed by atoms with Crippen LogP contribution in [0, 0.1) is 11.7 Å². The van der Waals surface area contributed by atoms with E-state index < -0.39 is 44.0 Å². The molecule has 1 amide bonds. The fourth-order valence-corrected chi connectivity index (χ4v) is 5.99. The first-order valence-corrected chi connectivity index (χ1v) is 11.0. The van der Waals surface area contributed by atoms with E-state index in [2.05, 4.69) is 20.7 Å². The van der Waals surface area contributed by atoms with Crippen LogP contribution in [0.15, 0.2) is 39.7 Å². The van der Waals surface area contributed by atoms with Crippen LogP contribution in [0.1, 0.15) is 28.3 Å². The Balaban J connectivity index is 1.94. The van der Waals surface area contributed by atoms with E-state index in [1.807, 2.05) is 0 Å². The number of anilines is 1. The van der Waals surface area contributed by atoms with Crippen LogP contribution >= 0.6 is 15.9 Å². The van der Waals surface area contributed by atoms with Gasteiger partial charge in [-0.15, -0.1) is 0 Å². The van der Waals surface area contributed by atoms with Gasteiger partial charge < -0.3 is 14.6 Å². The average Bonchev–Trinajstić information content (AvgIpc) is 3.46. The minimum atomic E-state index is -4.67. The fourth-order valence-electron chi connectivity index (χ4n) is 3.61. The van der Waals surface area contributed by atoms with Crippen molar-refractivity contribution in [2.45, 2.75) is 17.2 Å². The summed E-state index contributed by atoms with van der Waals surface area (Å²) >= 11 is 2.98. The summed E-state index contributed by atoms with van der Waals surface area (Å²) in [6.45, 7) is 0.315. The van der Waals surface area contributed by atoms with Crippen molar-refractivity contribution in [3.8, 4) is 5.75 Å². The molecule has 0 saturated heterocycles. The molecule has 30 heavy (non-hydrogen) atoms. The highest BCUT2D eigenvalue weighted by Crippen LogP contribution is 2.55. The van der Waals surface area contributed by atoms with Gasteiger partial charge in [0.2, 0.25) is 0 Å². The van der Waals surface area contributed by atoms with Crippen LogP contribution in [0.3, 0.4) is 0 Å². The summed E-state index contributed by atoms with van der Waals surface area (Å²) in [6.07, 6.45) is -0.471. The van der Waals surface area contributed by atoms with Crippen molar-refractivity contribution in [2.24, 2.45) is 5.92 Å². The molecule has 4 rings (SSSR count). The molecular weight excluding hydrogens is 485 g/mol. The van der Waals surface area contributed by atoms with Crippen LogP contribution in [0.2, 0.25) is 0 Å². The highest BCUT2D eigenvalue weighted by Gasteiger charge is 2.46. The second-order valence-corrected chi connectivity index (χ2v) is 9.52. The number of carbonyl (C=O) groups excluding carboxylic acids is 1. The maximum absolute atomic E-state index is 13.5. The van der Waals surface area contributed by atoms with Gasteiger partial charge in [-0.3, -0.25) is 0 Å². The van der Waals surface area contributed by atoms with E-state index in [-0.39, 0.29) is 20.4 Å².